The fraction of sp³-hybridized carbons (Fsp3) is 0.312. The third-order valence-electron chi connectivity index (χ3n) is 21.3. The molecule has 0 saturated heterocycles. The Kier molecular flexibility index (Phi) is 32.9. The number of terminal acetylenes is 1. The van der Waals surface area contributed by atoms with Crippen LogP contribution in [0.5, 0.6) is 0 Å². The quantitative estimate of drug-likeness (QED) is 0.141. The minimum Gasteiger partial charge on any atom is -0.315 e. The highest BCUT2D eigenvalue weighted by Gasteiger charge is 2.21. The molecule has 0 aliphatic carbocycles. The van der Waals surface area contributed by atoms with Crippen LogP contribution in [0, 0.1) is 53.5 Å². The molecular weight excluding hydrogens is 1770 g/mol. The predicted molar refractivity (Wildman–Crippen MR) is 491 cm³/mol. The van der Waals surface area contributed by atoms with Crippen molar-refractivity contribution in [1.82, 2.24) is 72.7 Å². The number of likely N-dealkylation sites (N-methyl/N-ethyl adjacent to an activating group) is 4. The van der Waals surface area contributed by atoms with Crippen LogP contribution < -0.4 is 33.1 Å². The van der Waals surface area contributed by atoms with Crippen molar-refractivity contribution in [3.05, 3.63) is 303 Å². The van der Waals surface area contributed by atoms with Crippen molar-refractivity contribution >= 4 is 127 Å². The van der Waals surface area contributed by atoms with Gasteiger partial charge in [-0.2, -0.15) is 0 Å². The molecule has 5 aliphatic rings. The van der Waals surface area contributed by atoms with Crippen LogP contribution in [-0.2, 0) is 64.8 Å². The summed E-state index contributed by atoms with van der Waals surface area (Å²) < 4.78 is 50.1. The Morgan fingerprint density at radius 3 is 0.950 bits per heavy atom. The van der Waals surface area contributed by atoms with E-state index in [9.17, 15) is 37.1 Å². The van der Waals surface area contributed by atoms with Crippen molar-refractivity contribution in [2.75, 3.05) is 93.6 Å². The molecule has 121 heavy (non-hydrogen) atoms. The van der Waals surface area contributed by atoms with Crippen LogP contribution in [0.2, 0.25) is 0 Å². The first-order chi connectivity index (χ1) is 57.6. The Labute approximate surface area is 737 Å². The summed E-state index contributed by atoms with van der Waals surface area (Å²) in [6.07, 6.45) is 14.1. The number of rotatable bonds is 0. The largest absolute Gasteiger partial charge is 0.315 e. The zero-order chi connectivity index (χ0) is 83.6. The van der Waals surface area contributed by atoms with E-state index in [0.29, 0.717) is 63.2 Å². The fourth-order valence-corrected chi connectivity index (χ4v) is 15.7. The zero-order valence-electron chi connectivity index (χ0n) is 67.7. The van der Waals surface area contributed by atoms with Gasteiger partial charge in [0, 0.05) is 139 Å². The molecule has 0 amide bonds. The van der Waals surface area contributed by atoms with Crippen molar-refractivity contribution in [2.45, 2.75) is 96.9 Å². The van der Waals surface area contributed by atoms with Gasteiger partial charge in [-0.15, -0.1) is 31.2 Å². The number of benzene rings is 8. The summed E-state index contributed by atoms with van der Waals surface area (Å²) in [5.74, 6) is 18.2. The van der Waals surface area contributed by atoms with E-state index in [0.717, 1.165) is 224 Å². The third kappa shape index (κ3) is 24.1. The molecule has 0 saturated carbocycles. The average Bonchev–Trinajstić information content (AvgIpc) is 0.822. The Morgan fingerprint density at radius 2 is 0.587 bits per heavy atom. The van der Waals surface area contributed by atoms with Crippen molar-refractivity contribution in [1.29, 1.82) is 0 Å². The van der Waals surface area contributed by atoms with E-state index in [1.165, 1.54) is 36.4 Å². The molecule has 5 aliphatic heterocycles. The fourth-order valence-electron chi connectivity index (χ4n) is 14.7. The molecule has 626 valence electrons. The molecule has 5 aromatic heterocycles. The van der Waals surface area contributed by atoms with E-state index in [1.54, 1.807) is 48.5 Å². The summed E-state index contributed by atoms with van der Waals surface area (Å²) in [7, 11) is 8.39. The van der Waals surface area contributed by atoms with E-state index in [1.807, 2.05) is 102 Å². The van der Waals surface area contributed by atoms with Gasteiger partial charge in [-0.05, 0) is 257 Å². The number of aryl methyl sites for hydroxylation is 3. The van der Waals surface area contributed by atoms with Gasteiger partial charge in [-0.25, -0.2) is 38.1 Å². The van der Waals surface area contributed by atoms with E-state index in [2.05, 4.69) is 145 Å². The molecule has 0 radical (unpaired) electrons. The van der Waals surface area contributed by atoms with Gasteiger partial charge in [-0.1, -0.05) is 77.4 Å². The van der Waals surface area contributed by atoms with E-state index < -0.39 is 0 Å². The Bertz CT molecular complexity index is 6400. The molecule has 1 N–H and O–H groups in total. The molecule has 0 bridgehead atoms. The molecule has 0 unspecified atom stereocenters. The average molecular weight is 1870 g/mol. The maximum absolute atomic E-state index is 13.0. The molecule has 13 aromatic rings. The van der Waals surface area contributed by atoms with Gasteiger partial charge in [0.05, 0.1) is 54.5 Å². The van der Waals surface area contributed by atoms with E-state index in [4.69, 9.17) is 16.4 Å². The minimum atomic E-state index is -0.280. The summed E-state index contributed by atoms with van der Waals surface area (Å²) in [4.78, 5) is 95.9. The lowest BCUT2D eigenvalue weighted by atomic mass is 10.1. The Balaban J connectivity index is 0.000000145. The van der Waals surface area contributed by atoms with Gasteiger partial charge in [0.1, 0.15) is 46.6 Å². The number of nitrogens with one attached hydrogen (secondary N) is 1. The molecule has 0 spiro atoms. The van der Waals surface area contributed by atoms with Gasteiger partial charge in [-0.3, -0.25) is 46.8 Å². The SMILES string of the molecule is C#Cc1ccc(F)cc1.CN1CCCc2nc3cc(Br)ccc3c(=O)n2CC1.CN1CCCc2nc3cc(C#Cc4ccc(F)cc4)ccc3c(=O)n2CC1.CN1CCCn2c(nc3cc(Br)ccc3c2=O)CC1.CN1CCCn2c(nc3cc(C#Cc4ccc(F)cc4)ccc3c2=O)CC1.Cl.Cl.O=c1c2ccc(Br)cc2nc2n1CCNCCC2. The van der Waals surface area contributed by atoms with Gasteiger partial charge >= 0.3 is 0 Å². The highest BCUT2D eigenvalue weighted by Crippen LogP contribution is 2.23. The first-order valence-electron chi connectivity index (χ1n) is 39.9. The molecule has 20 nitrogen and oxygen atoms in total. The van der Waals surface area contributed by atoms with Crippen LogP contribution >= 0.6 is 72.6 Å². The van der Waals surface area contributed by atoms with E-state index in [-0.39, 0.29) is 70.1 Å². The van der Waals surface area contributed by atoms with Crippen LogP contribution in [0.3, 0.4) is 0 Å². The summed E-state index contributed by atoms with van der Waals surface area (Å²) in [5, 5.41) is 6.67. The van der Waals surface area contributed by atoms with Gasteiger partial charge in [0.25, 0.3) is 27.8 Å². The van der Waals surface area contributed by atoms with Crippen molar-refractivity contribution in [3.63, 3.8) is 0 Å². The first kappa shape index (κ1) is 91.5. The second-order valence-electron chi connectivity index (χ2n) is 30.0. The maximum Gasteiger partial charge on any atom is 0.261 e. The van der Waals surface area contributed by atoms with E-state index >= 15 is 0 Å². The molecule has 28 heteroatoms. The summed E-state index contributed by atoms with van der Waals surface area (Å²) in [6, 6.07) is 45.9. The Morgan fingerprint density at radius 1 is 0.306 bits per heavy atom. The molecule has 10 heterocycles. The number of hydrogen-bond acceptors (Lipinski definition) is 15. The molecule has 8 aromatic carbocycles. The zero-order valence-corrected chi connectivity index (χ0v) is 74.1. The standard InChI is InChI=1S/2C22H20FN3O.2C14H16BrN3O.C13H14BrN3O.C8H5F.2ClH/c1-25-12-2-13-26-21(11-14-25)24-20-15-17(7-10-19(20)22(26)27)4-3-16-5-8-18(23)9-6-16;1-25-12-2-3-21-24-20-15-17(5-4-16-6-9-18(23)10-7-16)8-11-19(20)22(27)26(21)14-13-25;1-17-6-2-7-18-13(5-8-17)16-12-9-10(15)3-4-11(12)14(18)19;1-17-6-2-3-13-16-12-9-10(15)4-5-11(12)14(19)18(13)8-7-17;14-9-3-4-10-11(8-9)16-12-2-1-5-15-6-7-17(12)13(10)18;1-2-7-3-5-8(9)6-4-7;;/h5-10,15H,2,11-14H2,1H3;6-11,15H,2-3,12-14H2,1H3;3-4,9H,2,5-8H2,1H3;4-5,9H,2-3,6-8H2,1H3;3-4,8,15H,1-2,5-7H2;1,3-6H;2*1H. The number of halogens is 8. The summed E-state index contributed by atoms with van der Waals surface area (Å²) in [6.45, 7) is 13.1. The molecule has 0 atom stereocenters. The van der Waals surface area contributed by atoms with Crippen molar-refractivity contribution < 1.29 is 13.2 Å². The lowest BCUT2D eigenvalue weighted by Gasteiger charge is -2.22. The topological polar surface area (TPSA) is 199 Å². The summed E-state index contributed by atoms with van der Waals surface area (Å²) in [5.41, 5.74) is 7.79. The monoisotopic (exact) mass is 1860 g/mol. The Hall–Kier alpha value is -10.3. The highest BCUT2D eigenvalue weighted by atomic mass is 79.9. The number of hydrogen-bond donors (Lipinski definition) is 1. The van der Waals surface area contributed by atoms with Crippen LogP contribution in [0.15, 0.2) is 201 Å². The van der Waals surface area contributed by atoms with Gasteiger partial charge < -0.3 is 24.9 Å². The van der Waals surface area contributed by atoms with Crippen molar-refractivity contribution in [2.24, 2.45) is 0 Å². The molecular formula is C93H93Br3Cl2F3N15O5. The van der Waals surface area contributed by atoms with Crippen LogP contribution in [0.25, 0.3) is 54.5 Å². The normalized spacial score (nSPS) is 14.9. The lowest BCUT2D eigenvalue weighted by Crippen LogP contribution is -2.34. The van der Waals surface area contributed by atoms with Gasteiger partial charge in [0.15, 0.2) is 0 Å². The highest BCUT2D eigenvalue weighted by molar-refractivity contribution is 9.11. The third-order valence-corrected chi connectivity index (χ3v) is 22.8. The number of nitrogens with zero attached hydrogens (tertiary/aromatic N) is 14. The molecule has 0 fully saturated rings. The number of aromatic nitrogens is 10. The number of fused-ring (bicyclic) bond motifs is 10. The summed E-state index contributed by atoms with van der Waals surface area (Å²) >= 11 is 10.3. The molecule has 18 rings (SSSR count). The van der Waals surface area contributed by atoms with Gasteiger partial charge in [0.2, 0.25) is 0 Å². The lowest BCUT2D eigenvalue weighted by molar-refractivity contribution is 0.295. The minimum absolute atomic E-state index is 0. The maximum atomic E-state index is 13.0. The van der Waals surface area contributed by atoms with Crippen LogP contribution in [-0.4, -0.2) is 161 Å². The second-order valence-corrected chi connectivity index (χ2v) is 32.8. The smallest absolute Gasteiger partial charge is 0.261 e. The first-order valence-corrected chi connectivity index (χ1v) is 42.3. The predicted octanol–water partition coefficient (Wildman–Crippen LogP) is 14.0. The van der Waals surface area contributed by atoms with Crippen molar-refractivity contribution in [3.8, 4) is 36.0 Å². The second kappa shape index (κ2) is 43.5. The van der Waals surface area contributed by atoms with Crippen LogP contribution in [0.4, 0.5) is 13.2 Å². The van der Waals surface area contributed by atoms with Crippen LogP contribution in [0.1, 0.15) is 89.0 Å².